The molecule has 1 heteroatoms. The zero-order valence-electron chi connectivity index (χ0n) is 12.9. The molecular formula is C18H31N. The average molecular weight is 261 g/mol. The van der Waals surface area contributed by atoms with Gasteiger partial charge in [0.2, 0.25) is 6.04 Å². The van der Waals surface area contributed by atoms with Gasteiger partial charge < -0.3 is 4.85 Å². The van der Waals surface area contributed by atoms with Gasteiger partial charge in [-0.2, -0.15) is 0 Å². The van der Waals surface area contributed by atoms with Crippen molar-refractivity contribution in [1.29, 1.82) is 0 Å². The second kappa shape index (κ2) is 7.32. The fraction of sp³-hybridized carbons (Fsp3) is 0.944. The first kappa shape index (κ1) is 14.9. The number of nitrogens with zero attached hydrogens (tertiary/aromatic N) is 1. The summed E-state index contributed by atoms with van der Waals surface area (Å²) in [4.78, 5) is 3.73. The number of hydrogen-bond acceptors (Lipinski definition) is 0. The topological polar surface area (TPSA) is 4.36 Å². The van der Waals surface area contributed by atoms with Crippen LogP contribution in [0.2, 0.25) is 0 Å². The van der Waals surface area contributed by atoms with Gasteiger partial charge in [-0.25, -0.2) is 6.57 Å². The van der Waals surface area contributed by atoms with Crippen LogP contribution in [0.3, 0.4) is 0 Å². The maximum absolute atomic E-state index is 7.14. The van der Waals surface area contributed by atoms with E-state index in [-0.39, 0.29) is 0 Å². The molecule has 0 bridgehead atoms. The van der Waals surface area contributed by atoms with Crippen LogP contribution in [0.5, 0.6) is 0 Å². The van der Waals surface area contributed by atoms with Crippen LogP contribution in [0.15, 0.2) is 0 Å². The minimum atomic E-state index is 0.359. The highest BCUT2D eigenvalue weighted by Crippen LogP contribution is 2.41. The van der Waals surface area contributed by atoms with E-state index in [9.17, 15) is 0 Å². The fourth-order valence-corrected chi connectivity index (χ4v) is 4.33. The smallest absolute Gasteiger partial charge is 0.223 e. The quantitative estimate of drug-likeness (QED) is 0.571. The Bertz CT molecular complexity index is 287. The van der Waals surface area contributed by atoms with Gasteiger partial charge in [0.25, 0.3) is 0 Å². The van der Waals surface area contributed by atoms with E-state index < -0.39 is 0 Å². The van der Waals surface area contributed by atoms with Crippen molar-refractivity contribution < 1.29 is 0 Å². The first-order valence-corrected chi connectivity index (χ1v) is 8.59. The van der Waals surface area contributed by atoms with Crippen LogP contribution in [-0.2, 0) is 0 Å². The van der Waals surface area contributed by atoms with Gasteiger partial charge in [-0.15, -0.1) is 0 Å². The molecule has 2 aliphatic rings. The third-order valence-electron chi connectivity index (χ3n) is 5.91. The molecule has 0 radical (unpaired) electrons. The Kier molecular flexibility index (Phi) is 5.74. The molecule has 2 aliphatic carbocycles. The molecule has 0 aliphatic heterocycles. The normalized spacial score (nSPS) is 37.5. The van der Waals surface area contributed by atoms with E-state index in [0.717, 1.165) is 23.7 Å². The Labute approximate surface area is 120 Å². The lowest BCUT2D eigenvalue weighted by Crippen LogP contribution is -2.26. The molecular weight excluding hydrogens is 230 g/mol. The second-order valence-electron chi connectivity index (χ2n) is 7.23. The van der Waals surface area contributed by atoms with E-state index in [1.807, 2.05) is 0 Å². The highest BCUT2D eigenvalue weighted by atomic mass is 14.7. The number of hydrogen-bond donors (Lipinski definition) is 0. The predicted octanol–water partition coefficient (Wildman–Crippen LogP) is 5.71. The molecule has 0 aromatic rings. The maximum Gasteiger partial charge on any atom is 0.223 e. The zero-order valence-corrected chi connectivity index (χ0v) is 12.9. The Morgan fingerprint density at radius 2 is 1.47 bits per heavy atom. The lowest BCUT2D eigenvalue weighted by atomic mass is 9.69. The molecule has 2 saturated carbocycles. The van der Waals surface area contributed by atoms with E-state index in [1.54, 1.807) is 0 Å². The lowest BCUT2D eigenvalue weighted by Gasteiger charge is -2.36. The summed E-state index contributed by atoms with van der Waals surface area (Å²) in [5.41, 5.74) is 0. The summed E-state index contributed by atoms with van der Waals surface area (Å²) in [6.07, 6.45) is 13.8. The summed E-state index contributed by atoms with van der Waals surface area (Å²) in [5, 5.41) is 0. The van der Waals surface area contributed by atoms with Gasteiger partial charge in [-0.05, 0) is 55.8 Å². The average Bonchev–Trinajstić information content (AvgIpc) is 2.48. The van der Waals surface area contributed by atoms with E-state index >= 15 is 0 Å². The molecule has 0 spiro atoms. The van der Waals surface area contributed by atoms with Crippen molar-refractivity contribution in [3.63, 3.8) is 0 Å². The molecule has 2 fully saturated rings. The summed E-state index contributed by atoms with van der Waals surface area (Å²) in [6.45, 7) is 11.9. The van der Waals surface area contributed by atoms with Crippen LogP contribution in [-0.4, -0.2) is 6.04 Å². The molecule has 0 amide bonds. The molecule has 0 heterocycles. The molecule has 108 valence electrons. The standard InChI is InChI=1S/C18H31N/c1-4-14(2)13-15-5-7-16(8-6-15)17-9-11-18(19-3)12-10-17/h14-18H,4-13H2,1-2H3. The van der Waals surface area contributed by atoms with Gasteiger partial charge in [0.05, 0.1) is 0 Å². The van der Waals surface area contributed by atoms with Crippen LogP contribution in [0, 0.1) is 30.2 Å². The number of rotatable bonds is 4. The summed E-state index contributed by atoms with van der Waals surface area (Å²) in [5.74, 6) is 3.91. The maximum atomic E-state index is 7.14. The first-order chi connectivity index (χ1) is 9.22. The molecule has 0 aromatic carbocycles. The summed E-state index contributed by atoms with van der Waals surface area (Å²) in [7, 11) is 0. The Morgan fingerprint density at radius 3 is 1.95 bits per heavy atom. The van der Waals surface area contributed by atoms with Crippen molar-refractivity contribution >= 4 is 0 Å². The van der Waals surface area contributed by atoms with E-state index in [4.69, 9.17) is 6.57 Å². The third-order valence-corrected chi connectivity index (χ3v) is 5.91. The minimum absolute atomic E-state index is 0.359. The molecule has 1 unspecified atom stereocenters. The van der Waals surface area contributed by atoms with Crippen LogP contribution >= 0.6 is 0 Å². The van der Waals surface area contributed by atoms with Crippen molar-refractivity contribution in [2.45, 2.75) is 84.1 Å². The van der Waals surface area contributed by atoms with Gasteiger partial charge in [0.15, 0.2) is 0 Å². The van der Waals surface area contributed by atoms with Crippen LogP contribution in [0.4, 0.5) is 0 Å². The molecule has 1 nitrogen and oxygen atoms in total. The van der Waals surface area contributed by atoms with Crippen molar-refractivity contribution in [2.75, 3.05) is 0 Å². The molecule has 0 N–H and O–H groups in total. The molecule has 0 saturated heterocycles. The van der Waals surface area contributed by atoms with Crippen LogP contribution in [0.1, 0.15) is 78.1 Å². The van der Waals surface area contributed by atoms with Gasteiger partial charge in [-0.3, -0.25) is 0 Å². The Morgan fingerprint density at radius 1 is 0.947 bits per heavy atom. The lowest BCUT2D eigenvalue weighted by molar-refractivity contribution is 0.154. The summed E-state index contributed by atoms with van der Waals surface area (Å²) in [6, 6.07) is 0.359. The Hall–Kier alpha value is -0.510. The fourth-order valence-electron chi connectivity index (χ4n) is 4.33. The molecule has 1 atom stereocenters. The molecule has 0 aromatic heterocycles. The largest absolute Gasteiger partial charge is 0.314 e. The predicted molar refractivity (Wildman–Crippen MR) is 81.9 cm³/mol. The van der Waals surface area contributed by atoms with Crippen molar-refractivity contribution in [2.24, 2.45) is 23.7 Å². The van der Waals surface area contributed by atoms with E-state index in [0.29, 0.717) is 6.04 Å². The summed E-state index contributed by atoms with van der Waals surface area (Å²) >= 11 is 0. The van der Waals surface area contributed by atoms with Gasteiger partial charge in [-0.1, -0.05) is 33.1 Å². The van der Waals surface area contributed by atoms with Gasteiger partial charge >= 0.3 is 0 Å². The molecule has 19 heavy (non-hydrogen) atoms. The van der Waals surface area contributed by atoms with Crippen LogP contribution < -0.4 is 0 Å². The zero-order chi connectivity index (χ0) is 13.7. The minimum Gasteiger partial charge on any atom is -0.314 e. The second-order valence-corrected chi connectivity index (χ2v) is 7.23. The van der Waals surface area contributed by atoms with Crippen LogP contribution in [0.25, 0.3) is 4.85 Å². The Balaban J connectivity index is 1.70. The van der Waals surface area contributed by atoms with Crippen molar-refractivity contribution in [3.8, 4) is 0 Å². The van der Waals surface area contributed by atoms with Crippen molar-refractivity contribution in [3.05, 3.63) is 11.4 Å². The molecule has 2 rings (SSSR count). The SMILES string of the molecule is [C-]#[N+]C1CCC(C2CCC(CC(C)CC)CC2)CC1. The van der Waals surface area contributed by atoms with E-state index in [1.165, 1.54) is 64.2 Å². The highest BCUT2D eigenvalue weighted by molar-refractivity contribution is 4.88. The third kappa shape index (κ3) is 4.23. The highest BCUT2D eigenvalue weighted by Gasteiger charge is 2.32. The van der Waals surface area contributed by atoms with E-state index in [2.05, 4.69) is 18.7 Å². The summed E-state index contributed by atoms with van der Waals surface area (Å²) < 4.78 is 0. The van der Waals surface area contributed by atoms with Gasteiger partial charge in [0, 0.05) is 12.8 Å². The first-order valence-electron chi connectivity index (χ1n) is 8.59. The van der Waals surface area contributed by atoms with Gasteiger partial charge in [0.1, 0.15) is 0 Å². The van der Waals surface area contributed by atoms with Crippen molar-refractivity contribution in [1.82, 2.24) is 0 Å². The monoisotopic (exact) mass is 261 g/mol.